The number of nitrogen functional groups attached to an aromatic ring is 1. The molecule has 21 heavy (non-hydrogen) atoms. The highest BCUT2D eigenvalue weighted by atomic mass is 16.2. The molecule has 6 heteroatoms. The summed E-state index contributed by atoms with van der Waals surface area (Å²) in [6.07, 6.45) is 1.72. The van der Waals surface area contributed by atoms with Crippen molar-refractivity contribution in [1.29, 1.82) is 0 Å². The number of carbonyl (C=O) groups is 1. The van der Waals surface area contributed by atoms with Crippen LogP contribution >= 0.6 is 0 Å². The van der Waals surface area contributed by atoms with Crippen LogP contribution in [0.2, 0.25) is 0 Å². The Bertz CT molecular complexity index is 684. The number of fused-ring (bicyclic) bond motifs is 1. The van der Waals surface area contributed by atoms with Crippen LogP contribution in [-0.2, 0) is 13.1 Å². The highest BCUT2D eigenvalue weighted by molar-refractivity contribution is 5.97. The number of amides is 1. The van der Waals surface area contributed by atoms with Gasteiger partial charge in [0.2, 0.25) is 0 Å². The third-order valence-corrected chi connectivity index (χ3v) is 4.27. The summed E-state index contributed by atoms with van der Waals surface area (Å²) in [5.74, 6) is -0.0858. The number of anilines is 1. The maximum atomic E-state index is 12.7. The lowest BCUT2D eigenvalue weighted by atomic mass is 10.1. The minimum atomic E-state index is -0.0858. The van der Waals surface area contributed by atoms with Gasteiger partial charge in [0, 0.05) is 37.2 Å². The maximum Gasteiger partial charge on any atom is 0.277 e. The van der Waals surface area contributed by atoms with Gasteiger partial charge in [-0.1, -0.05) is 0 Å². The largest absolute Gasteiger partial charge is 0.396 e. The van der Waals surface area contributed by atoms with Crippen LogP contribution in [0.4, 0.5) is 5.69 Å². The van der Waals surface area contributed by atoms with E-state index >= 15 is 0 Å². The van der Waals surface area contributed by atoms with Crippen molar-refractivity contribution in [3.63, 3.8) is 0 Å². The lowest BCUT2D eigenvalue weighted by Crippen LogP contribution is -2.41. The SMILES string of the molecule is CCn1cc(N)c(C(=O)N2CCn3c(C)ccc3C2C)n1. The fourth-order valence-corrected chi connectivity index (χ4v) is 3.00. The van der Waals surface area contributed by atoms with Crippen LogP contribution in [0, 0.1) is 6.92 Å². The van der Waals surface area contributed by atoms with E-state index in [-0.39, 0.29) is 11.9 Å². The molecule has 3 rings (SSSR count). The van der Waals surface area contributed by atoms with Crippen molar-refractivity contribution < 1.29 is 4.79 Å². The van der Waals surface area contributed by atoms with Gasteiger partial charge in [-0.25, -0.2) is 0 Å². The van der Waals surface area contributed by atoms with E-state index in [1.165, 1.54) is 11.4 Å². The molecular formula is C15H21N5O. The van der Waals surface area contributed by atoms with Crippen molar-refractivity contribution in [1.82, 2.24) is 19.2 Å². The van der Waals surface area contributed by atoms with Crippen LogP contribution in [0.1, 0.15) is 41.8 Å². The van der Waals surface area contributed by atoms with E-state index in [2.05, 4.69) is 35.6 Å². The highest BCUT2D eigenvalue weighted by Gasteiger charge is 2.31. The van der Waals surface area contributed by atoms with Crippen molar-refractivity contribution >= 4 is 11.6 Å². The lowest BCUT2D eigenvalue weighted by molar-refractivity contribution is 0.0637. The summed E-state index contributed by atoms with van der Waals surface area (Å²) < 4.78 is 3.96. The quantitative estimate of drug-likeness (QED) is 0.916. The number of carbonyl (C=O) groups excluding carboxylic acids is 1. The van der Waals surface area contributed by atoms with Gasteiger partial charge in [0.05, 0.1) is 11.7 Å². The molecular weight excluding hydrogens is 266 g/mol. The molecule has 1 aliphatic rings. The fourth-order valence-electron chi connectivity index (χ4n) is 3.00. The molecule has 1 atom stereocenters. The summed E-state index contributed by atoms with van der Waals surface area (Å²) in [5, 5.41) is 4.29. The smallest absolute Gasteiger partial charge is 0.277 e. The van der Waals surface area contributed by atoms with Gasteiger partial charge in [-0.2, -0.15) is 5.10 Å². The van der Waals surface area contributed by atoms with Crippen LogP contribution in [0.3, 0.4) is 0 Å². The molecule has 0 fully saturated rings. The first-order chi connectivity index (χ1) is 10.0. The maximum absolute atomic E-state index is 12.7. The van der Waals surface area contributed by atoms with Gasteiger partial charge >= 0.3 is 0 Å². The number of rotatable bonds is 2. The van der Waals surface area contributed by atoms with Crippen LogP contribution < -0.4 is 5.73 Å². The van der Waals surface area contributed by atoms with Crippen molar-refractivity contribution in [2.75, 3.05) is 12.3 Å². The Morgan fingerprint density at radius 2 is 2.19 bits per heavy atom. The van der Waals surface area contributed by atoms with Gasteiger partial charge in [0.25, 0.3) is 5.91 Å². The Morgan fingerprint density at radius 3 is 2.86 bits per heavy atom. The summed E-state index contributed by atoms with van der Waals surface area (Å²) in [7, 11) is 0. The van der Waals surface area contributed by atoms with E-state index in [1.54, 1.807) is 10.9 Å². The Morgan fingerprint density at radius 1 is 1.43 bits per heavy atom. The molecule has 2 aromatic heterocycles. The van der Waals surface area contributed by atoms with Crippen LogP contribution in [-0.4, -0.2) is 31.7 Å². The molecule has 2 aromatic rings. The summed E-state index contributed by atoms with van der Waals surface area (Å²) in [5.41, 5.74) is 9.15. The summed E-state index contributed by atoms with van der Waals surface area (Å²) in [6.45, 7) is 8.32. The van der Waals surface area contributed by atoms with Gasteiger partial charge in [-0.15, -0.1) is 0 Å². The van der Waals surface area contributed by atoms with Crippen molar-refractivity contribution in [2.24, 2.45) is 0 Å². The second kappa shape index (κ2) is 4.95. The zero-order valence-corrected chi connectivity index (χ0v) is 12.7. The Hall–Kier alpha value is -2.24. The van der Waals surface area contributed by atoms with Gasteiger partial charge in [-0.3, -0.25) is 9.48 Å². The first-order valence-electron chi connectivity index (χ1n) is 7.32. The van der Waals surface area contributed by atoms with Crippen molar-refractivity contribution in [3.05, 3.63) is 35.4 Å². The Kier molecular flexibility index (Phi) is 3.23. The number of nitrogens with two attached hydrogens (primary N) is 1. The number of hydrogen-bond acceptors (Lipinski definition) is 3. The van der Waals surface area contributed by atoms with Gasteiger partial charge in [0.15, 0.2) is 5.69 Å². The molecule has 1 unspecified atom stereocenters. The summed E-state index contributed by atoms with van der Waals surface area (Å²) in [6, 6.07) is 4.22. The average molecular weight is 287 g/mol. The van der Waals surface area contributed by atoms with Crippen LogP contribution in [0.5, 0.6) is 0 Å². The third kappa shape index (κ3) is 2.11. The molecule has 0 aliphatic carbocycles. The summed E-state index contributed by atoms with van der Waals surface area (Å²) >= 11 is 0. The number of hydrogen-bond donors (Lipinski definition) is 1. The van der Waals surface area contributed by atoms with Gasteiger partial charge in [0.1, 0.15) is 0 Å². The molecule has 0 bridgehead atoms. The Labute approximate surface area is 124 Å². The first kappa shape index (κ1) is 13.7. The topological polar surface area (TPSA) is 69.1 Å². The van der Waals surface area contributed by atoms with Crippen molar-refractivity contribution in [2.45, 2.75) is 39.9 Å². The molecule has 3 heterocycles. The predicted molar refractivity (Wildman–Crippen MR) is 80.9 cm³/mol. The van der Waals surface area contributed by atoms with Gasteiger partial charge < -0.3 is 15.2 Å². The number of aromatic nitrogens is 3. The van der Waals surface area contributed by atoms with Crippen molar-refractivity contribution in [3.8, 4) is 0 Å². The zero-order valence-electron chi connectivity index (χ0n) is 12.7. The van der Waals surface area contributed by atoms with Crippen LogP contribution in [0.25, 0.3) is 0 Å². The molecule has 0 saturated carbocycles. The minimum Gasteiger partial charge on any atom is -0.396 e. The van der Waals surface area contributed by atoms with E-state index in [9.17, 15) is 4.79 Å². The molecule has 0 aromatic carbocycles. The molecule has 6 nitrogen and oxygen atoms in total. The zero-order chi connectivity index (χ0) is 15.1. The van der Waals surface area contributed by atoms with E-state index in [4.69, 9.17) is 5.73 Å². The molecule has 0 saturated heterocycles. The van der Waals surface area contributed by atoms with E-state index < -0.39 is 0 Å². The van der Waals surface area contributed by atoms with E-state index in [0.717, 1.165) is 6.54 Å². The normalized spacial score (nSPS) is 17.9. The number of nitrogens with zero attached hydrogens (tertiary/aromatic N) is 4. The third-order valence-electron chi connectivity index (χ3n) is 4.27. The monoisotopic (exact) mass is 287 g/mol. The molecule has 2 N–H and O–H groups in total. The van der Waals surface area contributed by atoms with E-state index in [0.29, 0.717) is 24.5 Å². The second-order valence-corrected chi connectivity index (χ2v) is 5.51. The standard InChI is InChI=1S/C15H21N5O/c1-4-18-9-12(16)14(17-18)15(21)20-8-7-19-10(2)5-6-13(19)11(20)3/h5-6,9,11H,4,7-8,16H2,1-3H3. The molecule has 0 spiro atoms. The molecule has 1 aliphatic heterocycles. The highest BCUT2D eigenvalue weighted by Crippen LogP contribution is 2.29. The van der Waals surface area contributed by atoms with E-state index in [1.807, 2.05) is 11.8 Å². The lowest BCUT2D eigenvalue weighted by Gasteiger charge is -2.35. The molecule has 0 radical (unpaired) electrons. The van der Waals surface area contributed by atoms with Crippen LogP contribution in [0.15, 0.2) is 18.3 Å². The molecule has 112 valence electrons. The molecule has 1 amide bonds. The fraction of sp³-hybridized carbons (Fsp3) is 0.467. The predicted octanol–water partition coefficient (Wildman–Crippen LogP) is 1.81. The average Bonchev–Trinajstić information content (AvgIpc) is 3.03. The summed E-state index contributed by atoms with van der Waals surface area (Å²) in [4.78, 5) is 14.6. The van der Waals surface area contributed by atoms with Gasteiger partial charge in [-0.05, 0) is 32.9 Å². The first-order valence-corrected chi connectivity index (χ1v) is 7.32. The minimum absolute atomic E-state index is 0.0335. The second-order valence-electron chi connectivity index (χ2n) is 5.51. The Balaban J connectivity index is 1.90. The number of aryl methyl sites for hydroxylation is 2.